The maximum absolute atomic E-state index is 12.8. The van der Waals surface area contributed by atoms with Gasteiger partial charge in [-0.05, 0) is 36.5 Å². The van der Waals surface area contributed by atoms with E-state index in [1.165, 1.54) is 0 Å². The van der Waals surface area contributed by atoms with Crippen LogP contribution in [-0.4, -0.2) is 32.9 Å². The molecule has 2 atom stereocenters. The standard InChI is InChI=1S/C15H24N2O3S/c1-11-6-7-17(10-12(11)2)21(18,19)14-4-5-15(20-3)13(8-14)9-16/h4-5,8,11-12H,6-7,9-10,16H2,1-3H3. The van der Waals surface area contributed by atoms with Gasteiger partial charge in [-0.25, -0.2) is 8.42 Å². The summed E-state index contributed by atoms with van der Waals surface area (Å²) in [4.78, 5) is 0.297. The molecule has 5 nitrogen and oxygen atoms in total. The highest BCUT2D eigenvalue weighted by atomic mass is 32.2. The lowest BCUT2D eigenvalue weighted by Crippen LogP contribution is -2.42. The average Bonchev–Trinajstić information content (AvgIpc) is 2.49. The van der Waals surface area contributed by atoms with Crippen molar-refractivity contribution in [3.8, 4) is 5.75 Å². The van der Waals surface area contributed by atoms with Crippen molar-refractivity contribution in [2.45, 2.75) is 31.7 Å². The minimum atomic E-state index is -3.45. The Morgan fingerprint density at radius 3 is 2.62 bits per heavy atom. The Bertz CT molecular complexity index is 601. The number of ether oxygens (including phenoxy) is 1. The van der Waals surface area contributed by atoms with Crippen LogP contribution in [0.25, 0.3) is 0 Å². The number of hydrogen-bond donors (Lipinski definition) is 1. The fourth-order valence-electron chi connectivity index (χ4n) is 2.67. The van der Waals surface area contributed by atoms with E-state index in [0.29, 0.717) is 41.1 Å². The summed E-state index contributed by atoms with van der Waals surface area (Å²) in [6, 6.07) is 4.89. The van der Waals surface area contributed by atoms with E-state index in [9.17, 15) is 8.42 Å². The molecule has 0 aromatic heterocycles. The van der Waals surface area contributed by atoms with Gasteiger partial charge in [-0.1, -0.05) is 13.8 Å². The van der Waals surface area contributed by atoms with Crippen LogP contribution in [0.2, 0.25) is 0 Å². The highest BCUT2D eigenvalue weighted by Gasteiger charge is 2.31. The number of nitrogens with zero attached hydrogens (tertiary/aromatic N) is 1. The Balaban J connectivity index is 2.31. The molecule has 1 heterocycles. The van der Waals surface area contributed by atoms with Crippen molar-refractivity contribution in [3.05, 3.63) is 23.8 Å². The van der Waals surface area contributed by atoms with E-state index in [-0.39, 0.29) is 6.54 Å². The van der Waals surface area contributed by atoms with Crippen molar-refractivity contribution in [2.24, 2.45) is 17.6 Å². The zero-order valence-electron chi connectivity index (χ0n) is 12.9. The van der Waals surface area contributed by atoms with Crippen LogP contribution in [0.1, 0.15) is 25.8 Å². The lowest BCUT2D eigenvalue weighted by atomic mass is 9.90. The summed E-state index contributed by atoms with van der Waals surface area (Å²) in [6.45, 7) is 5.69. The van der Waals surface area contributed by atoms with E-state index >= 15 is 0 Å². The summed E-state index contributed by atoms with van der Waals surface area (Å²) in [5.74, 6) is 1.56. The van der Waals surface area contributed by atoms with E-state index < -0.39 is 10.0 Å². The Morgan fingerprint density at radius 1 is 1.33 bits per heavy atom. The third-order valence-corrected chi connectivity index (χ3v) is 6.27. The van der Waals surface area contributed by atoms with Crippen molar-refractivity contribution in [2.75, 3.05) is 20.2 Å². The minimum absolute atomic E-state index is 0.250. The number of methoxy groups -OCH3 is 1. The first-order valence-electron chi connectivity index (χ1n) is 7.27. The number of benzene rings is 1. The lowest BCUT2D eigenvalue weighted by molar-refractivity contribution is 0.212. The molecule has 118 valence electrons. The summed E-state index contributed by atoms with van der Waals surface area (Å²) in [5, 5.41) is 0. The lowest BCUT2D eigenvalue weighted by Gasteiger charge is -2.34. The van der Waals surface area contributed by atoms with Gasteiger partial charge in [0.05, 0.1) is 12.0 Å². The van der Waals surface area contributed by atoms with Gasteiger partial charge in [0.15, 0.2) is 0 Å². The summed E-state index contributed by atoms with van der Waals surface area (Å²) >= 11 is 0. The predicted molar refractivity (Wildman–Crippen MR) is 82.6 cm³/mol. The van der Waals surface area contributed by atoms with E-state index in [4.69, 9.17) is 10.5 Å². The maximum atomic E-state index is 12.8. The largest absolute Gasteiger partial charge is 0.496 e. The first kappa shape index (κ1) is 16.3. The van der Waals surface area contributed by atoms with Crippen molar-refractivity contribution in [1.29, 1.82) is 0 Å². The van der Waals surface area contributed by atoms with Gasteiger partial charge >= 0.3 is 0 Å². The van der Waals surface area contributed by atoms with E-state index in [0.717, 1.165) is 6.42 Å². The average molecular weight is 312 g/mol. The van der Waals surface area contributed by atoms with Crippen LogP contribution in [0, 0.1) is 11.8 Å². The first-order chi connectivity index (χ1) is 9.90. The van der Waals surface area contributed by atoms with Crippen molar-refractivity contribution >= 4 is 10.0 Å². The second-order valence-electron chi connectivity index (χ2n) is 5.78. The molecule has 2 N–H and O–H groups in total. The minimum Gasteiger partial charge on any atom is -0.496 e. The molecule has 1 aliphatic heterocycles. The van der Waals surface area contributed by atoms with Gasteiger partial charge in [0.25, 0.3) is 0 Å². The zero-order valence-corrected chi connectivity index (χ0v) is 13.7. The zero-order chi connectivity index (χ0) is 15.6. The molecule has 21 heavy (non-hydrogen) atoms. The van der Waals surface area contributed by atoms with E-state index in [1.807, 2.05) is 0 Å². The first-order valence-corrected chi connectivity index (χ1v) is 8.71. The molecule has 1 aromatic rings. The molecule has 6 heteroatoms. The molecule has 0 radical (unpaired) electrons. The Kier molecular flexibility index (Phi) is 4.91. The smallest absolute Gasteiger partial charge is 0.243 e. The van der Waals surface area contributed by atoms with Crippen LogP contribution >= 0.6 is 0 Å². The molecular formula is C15H24N2O3S. The fraction of sp³-hybridized carbons (Fsp3) is 0.600. The highest BCUT2D eigenvalue weighted by molar-refractivity contribution is 7.89. The van der Waals surface area contributed by atoms with Crippen LogP contribution in [-0.2, 0) is 16.6 Å². The third-order valence-electron chi connectivity index (χ3n) is 4.41. The third kappa shape index (κ3) is 3.22. The van der Waals surface area contributed by atoms with Gasteiger partial charge in [-0.15, -0.1) is 0 Å². The van der Waals surface area contributed by atoms with E-state index in [2.05, 4.69) is 13.8 Å². The molecule has 1 saturated heterocycles. The number of nitrogens with two attached hydrogens (primary N) is 1. The second kappa shape index (κ2) is 6.34. The fourth-order valence-corrected chi connectivity index (χ4v) is 4.27. The van der Waals surface area contributed by atoms with Gasteiger partial charge in [0, 0.05) is 25.2 Å². The van der Waals surface area contributed by atoms with E-state index in [1.54, 1.807) is 29.6 Å². The van der Waals surface area contributed by atoms with Crippen molar-refractivity contribution in [3.63, 3.8) is 0 Å². The molecule has 0 aliphatic carbocycles. The van der Waals surface area contributed by atoms with Crippen LogP contribution in [0.5, 0.6) is 5.75 Å². The molecule has 1 aromatic carbocycles. The van der Waals surface area contributed by atoms with Gasteiger partial charge in [-0.2, -0.15) is 4.31 Å². The second-order valence-corrected chi connectivity index (χ2v) is 7.72. The molecule has 0 amide bonds. The van der Waals surface area contributed by atoms with Gasteiger partial charge in [-0.3, -0.25) is 0 Å². The van der Waals surface area contributed by atoms with Crippen LogP contribution < -0.4 is 10.5 Å². The monoisotopic (exact) mass is 312 g/mol. The topological polar surface area (TPSA) is 72.6 Å². The number of piperidine rings is 1. The summed E-state index contributed by atoms with van der Waals surface area (Å²) in [6.07, 6.45) is 0.903. The van der Waals surface area contributed by atoms with Crippen LogP contribution in [0.3, 0.4) is 0 Å². The molecule has 0 bridgehead atoms. The summed E-state index contributed by atoms with van der Waals surface area (Å²) in [7, 11) is -1.90. The maximum Gasteiger partial charge on any atom is 0.243 e. The predicted octanol–water partition coefficient (Wildman–Crippen LogP) is 1.82. The molecule has 2 unspecified atom stereocenters. The molecule has 1 fully saturated rings. The summed E-state index contributed by atoms with van der Waals surface area (Å²) < 4.78 is 32.3. The molecule has 2 rings (SSSR count). The van der Waals surface area contributed by atoms with Gasteiger partial charge in [0.1, 0.15) is 5.75 Å². The molecule has 0 spiro atoms. The van der Waals surface area contributed by atoms with Crippen molar-refractivity contribution < 1.29 is 13.2 Å². The molecule has 1 aliphatic rings. The van der Waals surface area contributed by atoms with Gasteiger partial charge < -0.3 is 10.5 Å². The highest BCUT2D eigenvalue weighted by Crippen LogP contribution is 2.29. The van der Waals surface area contributed by atoms with Crippen molar-refractivity contribution in [1.82, 2.24) is 4.31 Å². The quantitative estimate of drug-likeness (QED) is 0.920. The molecule has 0 saturated carbocycles. The summed E-state index contributed by atoms with van der Waals surface area (Å²) in [5.41, 5.74) is 6.37. The Morgan fingerprint density at radius 2 is 2.05 bits per heavy atom. The van der Waals surface area contributed by atoms with Crippen LogP contribution in [0.15, 0.2) is 23.1 Å². The normalized spacial score (nSPS) is 24.0. The molecular weight excluding hydrogens is 288 g/mol. The number of hydrogen-bond acceptors (Lipinski definition) is 4. The number of sulfonamides is 1. The SMILES string of the molecule is COc1ccc(S(=O)(=O)N2CCC(C)C(C)C2)cc1CN. The Hall–Kier alpha value is -1.11. The Labute approximate surface area is 127 Å². The number of rotatable bonds is 4. The van der Waals surface area contributed by atoms with Gasteiger partial charge in [0.2, 0.25) is 10.0 Å². The van der Waals surface area contributed by atoms with Crippen LogP contribution in [0.4, 0.5) is 0 Å².